The number of hydrogen-bond donors (Lipinski definition) is 1. The van der Waals surface area contributed by atoms with Crippen molar-refractivity contribution in [2.45, 2.75) is 18.7 Å². The van der Waals surface area contributed by atoms with Crippen molar-refractivity contribution >= 4 is 28.4 Å². The molecule has 6 nitrogen and oxygen atoms in total. The summed E-state index contributed by atoms with van der Waals surface area (Å²) in [5.74, 6) is 0.281. The van der Waals surface area contributed by atoms with Crippen LogP contribution in [-0.2, 0) is 14.8 Å². The number of carbonyl (C=O) groups is 1. The minimum absolute atomic E-state index is 0. The quantitative estimate of drug-likeness (QED) is 0.807. The fourth-order valence-corrected chi connectivity index (χ4v) is 5.17. The highest BCUT2D eigenvalue weighted by molar-refractivity contribution is 7.89. The van der Waals surface area contributed by atoms with Crippen molar-refractivity contribution < 1.29 is 17.9 Å². The first-order valence-corrected chi connectivity index (χ1v) is 9.36. The van der Waals surface area contributed by atoms with Gasteiger partial charge >= 0.3 is 5.97 Å². The lowest BCUT2D eigenvalue weighted by Gasteiger charge is -2.19. The van der Waals surface area contributed by atoms with Gasteiger partial charge in [-0.2, -0.15) is 4.31 Å². The Bertz CT molecular complexity index is 711. The average Bonchev–Trinajstić information content (AvgIpc) is 3.09. The summed E-state index contributed by atoms with van der Waals surface area (Å²) < 4.78 is 32.5. The van der Waals surface area contributed by atoms with Crippen LogP contribution in [0, 0.1) is 18.8 Å². The topological polar surface area (TPSA) is 75.7 Å². The van der Waals surface area contributed by atoms with E-state index in [1.54, 1.807) is 30.3 Å². The monoisotopic (exact) mass is 374 g/mol. The van der Waals surface area contributed by atoms with Gasteiger partial charge < -0.3 is 10.1 Å². The second-order valence-corrected chi connectivity index (χ2v) is 8.11. The molecule has 0 aliphatic carbocycles. The number of halogens is 1. The summed E-state index contributed by atoms with van der Waals surface area (Å²) in [4.78, 5) is 12.1. The molecule has 2 aliphatic heterocycles. The number of ether oxygens (including phenoxy) is 1. The van der Waals surface area contributed by atoms with Crippen LogP contribution in [-0.4, -0.2) is 51.5 Å². The van der Waals surface area contributed by atoms with Gasteiger partial charge in [-0.3, -0.25) is 0 Å². The van der Waals surface area contributed by atoms with Crippen LogP contribution in [0.2, 0.25) is 0 Å². The van der Waals surface area contributed by atoms with Crippen LogP contribution in [0.25, 0.3) is 0 Å². The molecule has 1 N–H and O–H groups in total. The molecule has 2 heterocycles. The van der Waals surface area contributed by atoms with E-state index in [1.165, 1.54) is 6.07 Å². The first kappa shape index (κ1) is 19.2. The van der Waals surface area contributed by atoms with Gasteiger partial charge in [-0.1, -0.05) is 6.07 Å². The van der Waals surface area contributed by atoms with E-state index in [9.17, 15) is 13.2 Å². The number of sulfonamides is 1. The number of esters is 1. The van der Waals surface area contributed by atoms with Crippen molar-refractivity contribution in [1.82, 2.24) is 9.62 Å². The molecule has 0 spiro atoms. The fourth-order valence-electron chi connectivity index (χ4n) is 3.37. The van der Waals surface area contributed by atoms with Crippen molar-refractivity contribution in [1.29, 1.82) is 0 Å². The van der Waals surface area contributed by atoms with Crippen LogP contribution in [0.4, 0.5) is 0 Å². The standard InChI is InChI=1S/C16H22N2O4S.ClH/c1-3-22-16(19)12-5-4-11(2)15(6-12)23(20,21)18-9-13-7-17-8-14(13)10-18;/h4-6,13-14,17H,3,7-10H2,1-2H3;1H/t13-,14+;. The molecule has 1 aromatic rings. The highest BCUT2D eigenvalue weighted by Crippen LogP contribution is 2.32. The smallest absolute Gasteiger partial charge is 0.338 e. The fraction of sp³-hybridized carbons (Fsp3) is 0.562. The number of hydrogen-bond acceptors (Lipinski definition) is 5. The molecule has 0 aromatic heterocycles. The Morgan fingerprint density at radius 2 is 1.92 bits per heavy atom. The van der Waals surface area contributed by atoms with Gasteiger partial charge in [0.1, 0.15) is 0 Å². The summed E-state index contributed by atoms with van der Waals surface area (Å²) in [7, 11) is -3.58. The van der Waals surface area contributed by atoms with Crippen molar-refractivity contribution in [3.8, 4) is 0 Å². The van der Waals surface area contributed by atoms with Crippen molar-refractivity contribution in [3.63, 3.8) is 0 Å². The first-order valence-electron chi connectivity index (χ1n) is 7.92. The highest BCUT2D eigenvalue weighted by atomic mass is 35.5. The zero-order chi connectivity index (χ0) is 16.6. The van der Waals surface area contributed by atoms with Gasteiger partial charge in [0, 0.05) is 13.1 Å². The van der Waals surface area contributed by atoms with E-state index in [-0.39, 0.29) is 29.5 Å². The molecule has 2 fully saturated rings. The third-order valence-electron chi connectivity index (χ3n) is 4.67. The summed E-state index contributed by atoms with van der Waals surface area (Å²) >= 11 is 0. The Kier molecular flexibility index (Phi) is 5.91. The van der Waals surface area contributed by atoms with Crippen LogP contribution < -0.4 is 5.32 Å². The summed E-state index contributed by atoms with van der Waals surface area (Å²) in [6, 6.07) is 4.71. The Hall–Kier alpha value is -1.15. The molecule has 0 saturated carbocycles. The minimum atomic E-state index is -3.58. The average molecular weight is 375 g/mol. The SMILES string of the molecule is CCOC(=O)c1ccc(C)c(S(=O)(=O)N2C[C@H]3CNC[C@H]3C2)c1.Cl. The maximum absolute atomic E-state index is 13.0. The van der Waals surface area contributed by atoms with Gasteiger partial charge in [0.25, 0.3) is 0 Å². The third kappa shape index (κ3) is 3.44. The van der Waals surface area contributed by atoms with Crippen LogP contribution in [0.5, 0.6) is 0 Å². The Morgan fingerprint density at radius 3 is 2.50 bits per heavy atom. The molecule has 0 radical (unpaired) electrons. The number of nitrogens with zero attached hydrogens (tertiary/aromatic N) is 1. The Morgan fingerprint density at radius 1 is 1.29 bits per heavy atom. The van der Waals surface area contributed by atoms with Crippen molar-refractivity contribution in [3.05, 3.63) is 29.3 Å². The molecule has 1 aromatic carbocycles. The van der Waals surface area contributed by atoms with E-state index in [0.29, 0.717) is 30.5 Å². The molecule has 8 heteroatoms. The second kappa shape index (κ2) is 7.39. The van der Waals surface area contributed by atoms with Crippen LogP contribution >= 0.6 is 12.4 Å². The molecule has 134 valence electrons. The van der Waals surface area contributed by atoms with Gasteiger partial charge in [0.2, 0.25) is 10.0 Å². The van der Waals surface area contributed by atoms with Gasteiger partial charge in [-0.25, -0.2) is 13.2 Å². The molecule has 2 saturated heterocycles. The van der Waals surface area contributed by atoms with E-state index < -0.39 is 16.0 Å². The third-order valence-corrected chi connectivity index (χ3v) is 6.65. The lowest BCUT2D eigenvalue weighted by Crippen LogP contribution is -2.32. The molecular formula is C16H23ClN2O4S. The molecule has 3 rings (SSSR count). The number of aryl methyl sites for hydroxylation is 1. The maximum Gasteiger partial charge on any atom is 0.338 e. The van der Waals surface area contributed by atoms with Crippen molar-refractivity contribution in [2.75, 3.05) is 32.8 Å². The molecule has 0 amide bonds. The molecular weight excluding hydrogens is 352 g/mol. The van der Waals surface area contributed by atoms with E-state index in [1.807, 2.05) is 0 Å². The summed E-state index contributed by atoms with van der Waals surface area (Å²) in [6.45, 7) is 6.57. The number of nitrogens with one attached hydrogen (secondary N) is 1. The number of carbonyl (C=O) groups excluding carboxylic acids is 1. The molecule has 2 atom stereocenters. The normalized spacial score (nSPS) is 23.6. The Balaban J connectivity index is 0.00000208. The first-order chi connectivity index (χ1) is 10.9. The predicted molar refractivity (Wildman–Crippen MR) is 93.0 cm³/mol. The highest BCUT2D eigenvalue weighted by Gasteiger charge is 2.41. The zero-order valence-corrected chi connectivity index (χ0v) is 15.5. The lowest BCUT2D eigenvalue weighted by atomic mass is 10.0. The molecule has 0 bridgehead atoms. The van der Waals surface area contributed by atoms with Crippen LogP contribution in [0.3, 0.4) is 0 Å². The maximum atomic E-state index is 13.0. The number of benzene rings is 1. The van der Waals surface area contributed by atoms with Gasteiger partial charge in [-0.05, 0) is 56.5 Å². The summed E-state index contributed by atoms with van der Waals surface area (Å²) in [5, 5.41) is 3.30. The van der Waals surface area contributed by atoms with E-state index >= 15 is 0 Å². The summed E-state index contributed by atoms with van der Waals surface area (Å²) in [5.41, 5.74) is 0.922. The number of fused-ring (bicyclic) bond motifs is 1. The summed E-state index contributed by atoms with van der Waals surface area (Å²) in [6.07, 6.45) is 0. The number of rotatable bonds is 4. The molecule has 24 heavy (non-hydrogen) atoms. The van der Waals surface area contributed by atoms with Gasteiger partial charge in [0.05, 0.1) is 17.1 Å². The van der Waals surface area contributed by atoms with Crippen molar-refractivity contribution in [2.24, 2.45) is 11.8 Å². The van der Waals surface area contributed by atoms with E-state index in [4.69, 9.17) is 4.74 Å². The van der Waals surface area contributed by atoms with Crippen LogP contribution in [0.15, 0.2) is 23.1 Å². The largest absolute Gasteiger partial charge is 0.462 e. The minimum Gasteiger partial charge on any atom is -0.462 e. The lowest BCUT2D eigenvalue weighted by molar-refractivity contribution is 0.0526. The zero-order valence-electron chi connectivity index (χ0n) is 13.8. The Labute approximate surface area is 149 Å². The van der Waals surface area contributed by atoms with E-state index in [0.717, 1.165) is 13.1 Å². The van der Waals surface area contributed by atoms with Crippen LogP contribution in [0.1, 0.15) is 22.8 Å². The molecule has 0 unspecified atom stereocenters. The van der Waals surface area contributed by atoms with Gasteiger partial charge in [-0.15, -0.1) is 12.4 Å². The predicted octanol–water partition coefficient (Wildman–Crippen LogP) is 1.43. The van der Waals surface area contributed by atoms with E-state index in [2.05, 4.69) is 5.32 Å². The van der Waals surface area contributed by atoms with Gasteiger partial charge in [0.15, 0.2) is 0 Å². The second-order valence-electron chi connectivity index (χ2n) is 6.20. The molecule has 2 aliphatic rings.